The average molecular weight is 312 g/mol. The van der Waals surface area contributed by atoms with Crippen molar-refractivity contribution in [3.63, 3.8) is 0 Å². The van der Waals surface area contributed by atoms with E-state index in [1.807, 2.05) is 41.8 Å². The van der Waals surface area contributed by atoms with Crippen LogP contribution in [-0.4, -0.2) is 11.7 Å². The molecule has 90 valence electrons. The zero-order valence-corrected chi connectivity index (χ0v) is 11.6. The number of rotatable bonds is 4. The van der Waals surface area contributed by atoms with E-state index in [9.17, 15) is 5.11 Å². The summed E-state index contributed by atoms with van der Waals surface area (Å²) < 4.78 is 0.919. The van der Waals surface area contributed by atoms with Crippen molar-refractivity contribution in [2.75, 3.05) is 6.54 Å². The first-order chi connectivity index (χ1) is 8.24. The Bertz CT molecular complexity index is 472. The van der Waals surface area contributed by atoms with Gasteiger partial charge < -0.3 is 10.8 Å². The van der Waals surface area contributed by atoms with Crippen molar-refractivity contribution in [1.82, 2.24) is 0 Å². The SMILES string of the molecule is NCC(c1cccs1)C(O)c1ccccc1Br. The van der Waals surface area contributed by atoms with Crippen LogP contribution >= 0.6 is 27.3 Å². The summed E-state index contributed by atoms with van der Waals surface area (Å²) in [5, 5.41) is 12.4. The summed E-state index contributed by atoms with van der Waals surface area (Å²) in [4.78, 5) is 1.12. The first-order valence-electron chi connectivity index (χ1n) is 5.40. The van der Waals surface area contributed by atoms with Crippen LogP contribution in [0.3, 0.4) is 0 Å². The fourth-order valence-electron chi connectivity index (χ4n) is 1.83. The molecular weight excluding hydrogens is 298 g/mol. The number of halogens is 1. The zero-order valence-electron chi connectivity index (χ0n) is 9.21. The van der Waals surface area contributed by atoms with Crippen molar-refractivity contribution in [3.8, 4) is 0 Å². The Kier molecular flexibility index (Phi) is 4.34. The molecule has 2 nitrogen and oxygen atoms in total. The normalized spacial score (nSPS) is 14.5. The maximum Gasteiger partial charge on any atom is 0.0889 e. The standard InChI is InChI=1S/C13H14BrNOS/c14-11-5-2-1-4-9(11)13(16)10(8-15)12-6-3-7-17-12/h1-7,10,13,16H,8,15H2. The average Bonchev–Trinajstić information content (AvgIpc) is 2.84. The third-order valence-electron chi connectivity index (χ3n) is 2.77. The van der Waals surface area contributed by atoms with Gasteiger partial charge in [-0.2, -0.15) is 0 Å². The molecule has 0 fully saturated rings. The molecule has 1 aromatic heterocycles. The van der Waals surface area contributed by atoms with Gasteiger partial charge in [-0.05, 0) is 23.1 Å². The molecule has 17 heavy (non-hydrogen) atoms. The van der Waals surface area contributed by atoms with Gasteiger partial charge in [-0.25, -0.2) is 0 Å². The van der Waals surface area contributed by atoms with Crippen LogP contribution in [0.25, 0.3) is 0 Å². The smallest absolute Gasteiger partial charge is 0.0889 e. The van der Waals surface area contributed by atoms with Gasteiger partial charge in [-0.3, -0.25) is 0 Å². The van der Waals surface area contributed by atoms with E-state index in [1.165, 1.54) is 0 Å². The van der Waals surface area contributed by atoms with E-state index in [0.717, 1.165) is 14.9 Å². The molecule has 2 rings (SSSR count). The molecule has 0 radical (unpaired) electrons. The predicted octanol–water partition coefficient (Wildman–Crippen LogP) is 3.29. The highest BCUT2D eigenvalue weighted by atomic mass is 79.9. The summed E-state index contributed by atoms with van der Waals surface area (Å²) in [5.41, 5.74) is 6.67. The van der Waals surface area contributed by atoms with Gasteiger partial charge in [0.1, 0.15) is 0 Å². The fraction of sp³-hybridized carbons (Fsp3) is 0.231. The molecule has 0 saturated heterocycles. The summed E-state index contributed by atoms with van der Waals surface area (Å²) in [7, 11) is 0. The van der Waals surface area contributed by atoms with Crippen LogP contribution in [0.15, 0.2) is 46.3 Å². The van der Waals surface area contributed by atoms with Gasteiger partial charge in [0.05, 0.1) is 6.10 Å². The Morgan fingerprint density at radius 3 is 2.59 bits per heavy atom. The highest BCUT2D eigenvalue weighted by molar-refractivity contribution is 9.10. The van der Waals surface area contributed by atoms with E-state index < -0.39 is 6.10 Å². The Balaban J connectivity index is 2.30. The zero-order chi connectivity index (χ0) is 12.3. The van der Waals surface area contributed by atoms with Gasteiger partial charge in [-0.15, -0.1) is 11.3 Å². The third-order valence-corrected chi connectivity index (χ3v) is 4.49. The summed E-state index contributed by atoms with van der Waals surface area (Å²) in [5.74, 6) is -0.0475. The van der Waals surface area contributed by atoms with E-state index in [1.54, 1.807) is 11.3 Å². The van der Waals surface area contributed by atoms with E-state index in [2.05, 4.69) is 15.9 Å². The molecule has 2 atom stereocenters. The lowest BCUT2D eigenvalue weighted by molar-refractivity contribution is 0.148. The second-order valence-electron chi connectivity index (χ2n) is 3.82. The molecule has 0 amide bonds. The number of thiophene rings is 1. The quantitative estimate of drug-likeness (QED) is 0.910. The Hall–Kier alpha value is -0.680. The number of benzene rings is 1. The molecule has 0 aliphatic carbocycles. The van der Waals surface area contributed by atoms with Gasteiger partial charge in [-0.1, -0.05) is 40.2 Å². The van der Waals surface area contributed by atoms with E-state index in [4.69, 9.17) is 5.73 Å². The van der Waals surface area contributed by atoms with Gasteiger partial charge in [0.15, 0.2) is 0 Å². The van der Waals surface area contributed by atoms with Crippen molar-refractivity contribution < 1.29 is 5.11 Å². The maximum atomic E-state index is 10.4. The molecular formula is C13H14BrNOS. The molecule has 0 saturated carbocycles. The van der Waals surface area contributed by atoms with Crippen molar-refractivity contribution >= 4 is 27.3 Å². The first kappa shape index (κ1) is 12.8. The summed E-state index contributed by atoms with van der Waals surface area (Å²) >= 11 is 5.09. The second-order valence-corrected chi connectivity index (χ2v) is 5.66. The highest BCUT2D eigenvalue weighted by Gasteiger charge is 2.23. The van der Waals surface area contributed by atoms with Crippen LogP contribution in [0.1, 0.15) is 22.5 Å². The van der Waals surface area contributed by atoms with Gasteiger partial charge in [0, 0.05) is 21.8 Å². The Morgan fingerprint density at radius 1 is 1.24 bits per heavy atom. The lowest BCUT2D eigenvalue weighted by Gasteiger charge is -2.21. The van der Waals surface area contributed by atoms with Gasteiger partial charge in [0.25, 0.3) is 0 Å². The third kappa shape index (κ3) is 2.77. The molecule has 2 unspecified atom stereocenters. The minimum absolute atomic E-state index is 0.0475. The van der Waals surface area contributed by atoms with Crippen LogP contribution < -0.4 is 5.73 Å². The topological polar surface area (TPSA) is 46.2 Å². The summed E-state index contributed by atoms with van der Waals surface area (Å²) in [6.45, 7) is 0.434. The summed E-state index contributed by atoms with van der Waals surface area (Å²) in [6.07, 6.45) is -0.575. The summed E-state index contributed by atoms with van der Waals surface area (Å²) in [6, 6.07) is 11.7. The number of aliphatic hydroxyl groups excluding tert-OH is 1. The maximum absolute atomic E-state index is 10.4. The van der Waals surface area contributed by atoms with Crippen LogP contribution in [-0.2, 0) is 0 Å². The van der Waals surface area contributed by atoms with Crippen molar-refractivity contribution in [2.45, 2.75) is 12.0 Å². The second kappa shape index (κ2) is 5.78. The molecule has 4 heteroatoms. The van der Waals surface area contributed by atoms with Crippen LogP contribution in [0, 0.1) is 0 Å². The lowest BCUT2D eigenvalue weighted by atomic mass is 9.94. The van der Waals surface area contributed by atoms with E-state index in [0.29, 0.717) is 6.54 Å². The fourth-order valence-corrected chi connectivity index (χ4v) is 3.23. The number of aliphatic hydroxyl groups is 1. The number of hydrogen-bond acceptors (Lipinski definition) is 3. The van der Waals surface area contributed by atoms with E-state index >= 15 is 0 Å². The van der Waals surface area contributed by atoms with Crippen LogP contribution in [0.2, 0.25) is 0 Å². The molecule has 0 aliphatic rings. The molecule has 1 heterocycles. The highest BCUT2D eigenvalue weighted by Crippen LogP contribution is 2.35. The minimum atomic E-state index is -0.575. The number of hydrogen-bond donors (Lipinski definition) is 2. The van der Waals surface area contributed by atoms with E-state index in [-0.39, 0.29) is 5.92 Å². The monoisotopic (exact) mass is 311 g/mol. The molecule has 3 N–H and O–H groups in total. The predicted molar refractivity (Wildman–Crippen MR) is 75.2 cm³/mol. The Morgan fingerprint density at radius 2 is 2.00 bits per heavy atom. The van der Waals surface area contributed by atoms with Gasteiger partial charge >= 0.3 is 0 Å². The van der Waals surface area contributed by atoms with Crippen LogP contribution in [0.5, 0.6) is 0 Å². The van der Waals surface area contributed by atoms with Gasteiger partial charge in [0.2, 0.25) is 0 Å². The minimum Gasteiger partial charge on any atom is -0.388 e. The van der Waals surface area contributed by atoms with Crippen molar-refractivity contribution in [1.29, 1.82) is 0 Å². The molecule has 0 bridgehead atoms. The Labute approximate surface area is 113 Å². The molecule has 2 aromatic rings. The molecule has 0 aliphatic heterocycles. The largest absolute Gasteiger partial charge is 0.388 e. The van der Waals surface area contributed by atoms with Crippen LogP contribution in [0.4, 0.5) is 0 Å². The number of nitrogens with two attached hydrogens (primary N) is 1. The van der Waals surface area contributed by atoms with Crippen molar-refractivity contribution in [3.05, 3.63) is 56.7 Å². The first-order valence-corrected chi connectivity index (χ1v) is 7.07. The lowest BCUT2D eigenvalue weighted by Crippen LogP contribution is -2.19. The molecule has 0 spiro atoms. The van der Waals surface area contributed by atoms with Crippen molar-refractivity contribution in [2.24, 2.45) is 5.73 Å². The molecule has 1 aromatic carbocycles.